The highest BCUT2D eigenvalue weighted by Crippen LogP contribution is 2.16. The first-order valence-electron chi connectivity index (χ1n) is 6.78. The van der Waals surface area contributed by atoms with Gasteiger partial charge in [-0.1, -0.05) is 35.9 Å². The maximum absolute atomic E-state index is 11.8. The predicted octanol–water partition coefficient (Wildman–Crippen LogP) is 3.66. The summed E-state index contributed by atoms with van der Waals surface area (Å²) in [7, 11) is 0. The molecule has 1 amide bonds. The van der Waals surface area contributed by atoms with Crippen molar-refractivity contribution in [3.63, 3.8) is 0 Å². The van der Waals surface area contributed by atoms with E-state index in [0.717, 1.165) is 12.8 Å². The van der Waals surface area contributed by atoms with Crippen LogP contribution in [0.3, 0.4) is 0 Å². The van der Waals surface area contributed by atoms with Crippen LogP contribution in [0.25, 0.3) is 0 Å². The minimum Gasteiger partial charge on any atom is -0.508 e. The Morgan fingerprint density at radius 1 is 1.15 bits per heavy atom. The number of carbonyl (C=O) groups is 1. The van der Waals surface area contributed by atoms with E-state index in [1.807, 2.05) is 0 Å². The molecule has 0 bridgehead atoms. The Morgan fingerprint density at radius 3 is 2.60 bits per heavy atom. The van der Waals surface area contributed by atoms with Gasteiger partial charge in [0.1, 0.15) is 5.75 Å². The smallest absolute Gasteiger partial charge is 0.224 e. The van der Waals surface area contributed by atoms with E-state index in [1.165, 1.54) is 17.2 Å². The number of phenolic OH excluding ortho intramolecular Hbond substituents is 1. The second-order valence-corrected chi connectivity index (χ2v) is 4.94. The molecule has 20 heavy (non-hydrogen) atoms. The summed E-state index contributed by atoms with van der Waals surface area (Å²) in [6.07, 6.45) is 2.19. The number of aromatic hydroxyl groups is 1. The van der Waals surface area contributed by atoms with Crippen LogP contribution >= 0.6 is 0 Å². The summed E-state index contributed by atoms with van der Waals surface area (Å²) >= 11 is 0. The lowest BCUT2D eigenvalue weighted by Gasteiger charge is -2.06. The summed E-state index contributed by atoms with van der Waals surface area (Å²) in [5.41, 5.74) is 3.13. The van der Waals surface area contributed by atoms with Crippen LogP contribution in [0, 0.1) is 6.92 Å². The van der Waals surface area contributed by atoms with Gasteiger partial charge in [-0.15, -0.1) is 0 Å². The minimum absolute atomic E-state index is 0.0253. The van der Waals surface area contributed by atoms with Gasteiger partial charge < -0.3 is 10.4 Å². The Morgan fingerprint density at radius 2 is 1.90 bits per heavy atom. The largest absolute Gasteiger partial charge is 0.508 e. The molecular weight excluding hydrogens is 250 g/mol. The molecule has 0 atom stereocenters. The van der Waals surface area contributed by atoms with Gasteiger partial charge in [0, 0.05) is 18.2 Å². The molecule has 3 nitrogen and oxygen atoms in total. The number of nitrogens with one attached hydrogen (secondary N) is 1. The number of anilines is 1. The third-order valence-electron chi connectivity index (χ3n) is 3.12. The monoisotopic (exact) mass is 269 g/mol. The maximum Gasteiger partial charge on any atom is 0.224 e. The summed E-state index contributed by atoms with van der Waals surface area (Å²) in [5, 5.41) is 12.1. The molecule has 0 heterocycles. The lowest BCUT2D eigenvalue weighted by atomic mass is 10.1. The van der Waals surface area contributed by atoms with Crippen LogP contribution in [-0.2, 0) is 11.2 Å². The fourth-order valence-corrected chi connectivity index (χ4v) is 2.01. The number of hydrogen-bond acceptors (Lipinski definition) is 2. The van der Waals surface area contributed by atoms with Crippen LogP contribution in [0.15, 0.2) is 48.5 Å². The third kappa shape index (κ3) is 4.43. The van der Waals surface area contributed by atoms with Crippen molar-refractivity contribution in [3.05, 3.63) is 59.7 Å². The molecule has 0 saturated carbocycles. The first-order valence-corrected chi connectivity index (χ1v) is 6.78. The van der Waals surface area contributed by atoms with Gasteiger partial charge in [0.2, 0.25) is 5.91 Å². The van der Waals surface area contributed by atoms with Gasteiger partial charge in [0.25, 0.3) is 0 Å². The van der Waals surface area contributed by atoms with Crippen molar-refractivity contribution in [2.24, 2.45) is 0 Å². The lowest BCUT2D eigenvalue weighted by Crippen LogP contribution is -2.11. The Hall–Kier alpha value is -2.29. The zero-order valence-electron chi connectivity index (χ0n) is 11.6. The second kappa shape index (κ2) is 6.75. The third-order valence-corrected chi connectivity index (χ3v) is 3.12. The first-order chi connectivity index (χ1) is 9.63. The fourth-order valence-electron chi connectivity index (χ4n) is 2.01. The fraction of sp³-hybridized carbons (Fsp3) is 0.235. The van der Waals surface area contributed by atoms with E-state index < -0.39 is 0 Å². The molecule has 2 rings (SSSR count). The highest BCUT2D eigenvalue weighted by Gasteiger charge is 2.03. The van der Waals surface area contributed by atoms with E-state index in [4.69, 9.17) is 0 Å². The van der Waals surface area contributed by atoms with Crippen molar-refractivity contribution in [2.75, 3.05) is 5.32 Å². The Bertz CT molecular complexity index is 576. The van der Waals surface area contributed by atoms with Gasteiger partial charge >= 0.3 is 0 Å². The van der Waals surface area contributed by atoms with Crippen molar-refractivity contribution in [2.45, 2.75) is 26.2 Å². The number of phenols is 1. The molecule has 0 aliphatic rings. The highest BCUT2D eigenvalue weighted by atomic mass is 16.3. The molecule has 2 aromatic rings. The summed E-state index contributed by atoms with van der Waals surface area (Å²) < 4.78 is 0. The zero-order valence-corrected chi connectivity index (χ0v) is 11.6. The number of aryl methyl sites for hydroxylation is 2. The van der Waals surface area contributed by atoms with Gasteiger partial charge in [0.05, 0.1) is 0 Å². The number of rotatable bonds is 5. The quantitative estimate of drug-likeness (QED) is 0.870. The number of amides is 1. The Kier molecular flexibility index (Phi) is 4.77. The summed E-state index contributed by atoms with van der Waals surface area (Å²) in [6, 6.07) is 15.0. The molecule has 3 heteroatoms. The van der Waals surface area contributed by atoms with Crippen molar-refractivity contribution in [1.29, 1.82) is 0 Å². The summed E-state index contributed by atoms with van der Waals surface area (Å²) in [6.45, 7) is 2.06. The van der Waals surface area contributed by atoms with Crippen LogP contribution in [0.1, 0.15) is 24.0 Å². The molecule has 0 fully saturated rings. The average molecular weight is 269 g/mol. The number of carbonyl (C=O) groups excluding carboxylic acids is 1. The van der Waals surface area contributed by atoms with Gasteiger partial charge in [-0.05, 0) is 37.5 Å². The Balaban J connectivity index is 1.76. The molecule has 2 N–H and O–H groups in total. The number of hydrogen-bond donors (Lipinski definition) is 2. The summed E-state index contributed by atoms with van der Waals surface area (Å²) in [5.74, 6) is 0.130. The summed E-state index contributed by atoms with van der Waals surface area (Å²) in [4.78, 5) is 11.8. The van der Waals surface area contributed by atoms with Crippen molar-refractivity contribution in [1.82, 2.24) is 0 Å². The highest BCUT2D eigenvalue weighted by molar-refractivity contribution is 5.90. The van der Waals surface area contributed by atoms with Crippen molar-refractivity contribution < 1.29 is 9.90 Å². The van der Waals surface area contributed by atoms with E-state index >= 15 is 0 Å². The van der Waals surface area contributed by atoms with Crippen LogP contribution in [0.4, 0.5) is 5.69 Å². The van der Waals surface area contributed by atoms with Crippen LogP contribution in [-0.4, -0.2) is 11.0 Å². The molecule has 104 valence electrons. The molecule has 0 radical (unpaired) electrons. The van der Waals surface area contributed by atoms with E-state index in [2.05, 4.69) is 36.5 Å². The van der Waals surface area contributed by atoms with Crippen LogP contribution in [0.5, 0.6) is 5.75 Å². The maximum atomic E-state index is 11.8. The van der Waals surface area contributed by atoms with Gasteiger partial charge in [-0.25, -0.2) is 0 Å². The average Bonchev–Trinajstić information content (AvgIpc) is 2.41. The topological polar surface area (TPSA) is 49.3 Å². The molecule has 0 saturated heterocycles. The van der Waals surface area contributed by atoms with E-state index in [0.29, 0.717) is 12.1 Å². The number of benzene rings is 2. The standard InChI is InChI=1S/C17H19NO2/c1-13-8-10-14(11-9-13)4-2-7-17(20)18-15-5-3-6-16(19)12-15/h3,5-6,8-12,19H,2,4,7H2,1H3,(H,18,20). The molecule has 0 aliphatic heterocycles. The second-order valence-electron chi connectivity index (χ2n) is 4.94. The van der Waals surface area contributed by atoms with Crippen molar-refractivity contribution >= 4 is 11.6 Å². The lowest BCUT2D eigenvalue weighted by molar-refractivity contribution is -0.116. The normalized spacial score (nSPS) is 10.2. The van der Waals surface area contributed by atoms with Crippen LogP contribution in [0.2, 0.25) is 0 Å². The predicted molar refractivity (Wildman–Crippen MR) is 80.9 cm³/mol. The molecule has 0 spiro atoms. The zero-order chi connectivity index (χ0) is 14.4. The van der Waals surface area contributed by atoms with Gasteiger partial charge in [0.15, 0.2) is 0 Å². The van der Waals surface area contributed by atoms with Gasteiger partial charge in [-0.3, -0.25) is 4.79 Å². The molecular formula is C17H19NO2. The van der Waals surface area contributed by atoms with Crippen LogP contribution < -0.4 is 5.32 Å². The van der Waals surface area contributed by atoms with E-state index in [-0.39, 0.29) is 11.7 Å². The minimum atomic E-state index is -0.0253. The molecule has 0 unspecified atom stereocenters. The molecule has 2 aromatic carbocycles. The molecule has 0 aliphatic carbocycles. The molecule has 0 aromatic heterocycles. The van der Waals surface area contributed by atoms with Gasteiger partial charge in [-0.2, -0.15) is 0 Å². The Labute approximate surface area is 119 Å². The SMILES string of the molecule is Cc1ccc(CCCC(=O)Nc2cccc(O)c2)cc1. The van der Waals surface area contributed by atoms with E-state index in [1.54, 1.807) is 18.2 Å². The first kappa shape index (κ1) is 14.1. The van der Waals surface area contributed by atoms with E-state index in [9.17, 15) is 9.90 Å². The van der Waals surface area contributed by atoms with Crippen molar-refractivity contribution in [3.8, 4) is 5.75 Å².